The number of carbonyl (C=O) groups is 1. The van der Waals surface area contributed by atoms with Gasteiger partial charge in [-0.1, -0.05) is 17.2 Å². The third-order valence-corrected chi connectivity index (χ3v) is 5.23. The Morgan fingerprint density at radius 1 is 1.13 bits per heavy atom. The van der Waals surface area contributed by atoms with E-state index < -0.39 is 5.41 Å². The third-order valence-electron chi connectivity index (χ3n) is 5.23. The van der Waals surface area contributed by atoms with Crippen LogP contribution in [0.4, 0.5) is 11.8 Å². The highest BCUT2D eigenvalue weighted by molar-refractivity contribution is 5.75. The Morgan fingerprint density at radius 3 is 2.37 bits per heavy atom. The summed E-state index contributed by atoms with van der Waals surface area (Å²) >= 11 is 0. The number of hydrogen-bond donors (Lipinski definition) is 2. The SMILES string of the molecule is Cc1cc(C)cc(-c2cc(NCC3CCN(OC(=O)C(C)(C)C)CC3)nc(N)n2)c1. The highest BCUT2D eigenvalue weighted by Gasteiger charge is 2.28. The van der Waals surface area contributed by atoms with Crippen LogP contribution in [0, 0.1) is 25.2 Å². The first-order chi connectivity index (χ1) is 14.1. The van der Waals surface area contributed by atoms with Gasteiger partial charge in [-0.05, 0) is 65.5 Å². The molecule has 7 nitrogen and oxygen atoms in total. The zero-order valence-electron chi connectivity index (χ0n) is 18.7. The van der Waals surface area contributed by atoms with Gasteiger partial charge in [-0.25, -0.2) is 9.78 Å². The van der Waals surface area contributed by atoms with Crippen molar-refractivity contribution in [2.75, 3.05) is 30.7 Å². The quantitative estimate of drug-likeness (QED) is 0.769. The van der Waals surface area contributed by atoms with Gasteiger partial charge in [0.1, 0.15) is 5.82 Å². The molecule has 1 saturated heterocycles. The minimum absolute atomic E-state index is 0.186. The van der Waals surface area contributed by atoms with E-state index in [1.54, 1.807) is 5.06 Å². The summed E-state index contributed by atoms with van der Waals surface area (Å²) in [6, 6.07) is 8.30. The smallest absolute Gasteiger partial charge is 0.330 e. The third kappa shape index (κ3) is 5.92. The first-order valence-corrected chi connectivity index (χ1v) is 10.5. The Hall–Kier alpha value is -2.67. The molecule has 1 aromatic heterocycles. The molecule has 1 aliphatic heterocycles. The molecule has 3 rings (SSSR count). The van der Waals surface area contributed by atoms with Gasteiger partial charge < -0.3 is 15.9 Å². The molecule has 0 aliphatic carbocycles. The van der Waals surface area contributed by atoms with E-state index in [9.17, 15) is 4.79 Å². The van der Waals surface area contributed by atoms with E-state index in [4.69, 9.17) is 10.6 Å². The lowest BCUT2D eigenvalue weighted by Crippen LogP contribution is -2.40. The maximum atomic E-state index is 12.0. The summed E-state index contributed by atoms with van der Waals surface area (Å²) < 4.78 is 0. The van der Waals surface area contributed by atoms with Gasteiger partial charge in [-0.2, -0.15) is 4.98 Å². The number of aryl methyl sites for hydroxylation is 2. The number of carbonyl (C=O) groups excluding carboxylic acids is 1. The van der Waals surface area contributed by atoms with Crippen LogP contribution in [0.15, 0.2) is 24.3 Å². The van der Waals surface area contributed by atoms with Crippen LogP contribution in [0.3, 0.4) is 0 Å². The van der Waals surface area contributed by atoms with Crippen molar-refractivity contribution >= 4 is 17.7 Å². The van der Waals surface area contributed by atoms with Crippen LogP contribution in [0.5, 0.6) is 0 Å². The van der Waals surface area contributed by atoms with Crippen molar-refractivity contribution in [2.24, 2.45) is 11.3 Å². The molecule has 162 valence electrons. The lowest BCUT2D eigenvalue weighted by molar-refractivity contribution is -0.205. The molecule has 30 heavy (non-hydrogen) atoms. The molecule has 2 heterocycles. The van der Waals surface area contributed by atoms with Crippen LogP contribution >= 0.6 is 0 Å². The molecule has 3 N–H and O–H groups in total. The van der Waals surface area contributed by atoms with E-state index in [-0.39, 0.29) is 11.9 Å². The second-order valence-corrected chi connectivity index (χ2v) is 9.26. The summed E-state index contributed by atoms with van der Waals surface area (Å²) in [6.07, 6.45) is 1.91. The van der Waals surface area contributed by atoms with Gasteiger partial charge in [0, 0.05) is 31.3 Å². The summed E-state index contributed by atoms with van der Waals surface area (Å²) in [7, 11) is 0. The summed E-state index contributed by atoms with van der Waals surface area (Å²) in [5.74, 6) is 1.29. The molecule has 7 heteroatoms. The number of nitrogens with zero attached hydrogens (tertiary/aromatic N) is 3. The van der Waals surface area contributed by atoms with Crippen molar-refractivity contribution in [3.05, 3.63) is 35.4 Å². The Labute approximate surface area is 179 Å². The lowest BCUT2D eigenvalue weighted by Gasteiger charge is -2.32. The van der Waals surface area contributed by atoms with E-state index in [1.807, 2.05) is 26.8 Å². The van der Waals surface area contributed by atoms with Crippen molar-refractivity contribution in [1.82, 2.24) is 15.0 Å². The zero-order chi connectivity index (χ0) is 21.9. The van der Waals surface area contributed by atoms with Crippen molar-refractivity contribution in [3.63, 3.8) is 0 Å². The number of aromatic nitrogens is 2. The molecule has 0 unspecified atom stereocenters. The van der Waals surface area contributed by atoms with E-state index in [0.717, 1.165) is 49.6 Å². The fraction of sp³-hybridized carbons (Fsp3) is 0.522. The predicted molar refractivity (Wildman–Crippen MR) is 120 cm³/mol. The molecule has 0 amide bonds. The van der Waals surface area contributed by atoms with Crippen molar-refractivity contribution in [1.29, 1.82) is 0 Å². The predicted octanol–water partition coefficient (Wildman–Crippen LogP) is 3.97. The number of anilines is 2. The van der Waals surface area contributed by atoms with Gasteiger partial charge in [-0.15, -0.1) is 5.06 Å². The van der Waals surface area contributed by atoms with Crippen LogP contribution in [0.25, 0.3) is 11.3 Å². The fourth-order valence-electron chi connectivity index (χ4n) is 3.53. The topological polar surface area (TPSA) is 93.4 Å². The lowest BCUT2D eigenvalue weighted by atomic mass is 9.97. The summed E-state index contributed by atoms with van der Waals surface area (Å²) in [5.41, 5.74) is 9.72. The highest BCUT2D eigenvalue weighted by atomic mass is 16.7. The average Bonchev–Trinajstić information content (AvgIpc) is 2.65. The van der Waals surface area contributed by atoms with Gasteiger partial charge in [0.15, 0.2) is 0 Å². The first kappa shape index (κ1) is 22.0. The largest absolute Gasteiger partial charge is 0.370 e. The number of benzene rings is 1. The monoisotopic (exact) mass is 411 g/mol. The summed E-state index contributed by atoms with van der Waals surface area (Å²) in [5, 5.41) is 5.20. The molecule has 1 fully saturated rings. The van der Waals surface area contributed by atoms with Crippen molar-refractivity contribution in [2.45, 2.75) is 47.5 Å². The van der Waals surface area contributed by atoms with Crippen LogP contribution in [-0.4, -0.2) is 40.6 Å². The van der Waals surface area contributed by atoms with E-state index in [1.165, 1.54) is 11.1 Å². The number of piperidine rings is 1. The van der Waals surface area contributed by atoms with E-state index >= 15 is 0 Å². The highest BCUT2D eigenvalue weighted by Crippen LogP contribution is 2.25. The maximum Gasteiger partial charge on any atom is 0.330 e. The van der Waals surface area contributed by atoms with Crippen LogP contribution in [-0.2, 0) is 9.63 Å². The number of nitrogens with two attached hydrogens (primary N) is 1. The number of nitrogens with one attached hydrogen (secondary N) is 1. The molecular formula is C23H33N5O2. The van der Waals surface area contributed by atoms with Crippen LogP contribution in [0.1, 0.15) is 44.7 Å². The summed E-state index contributed by atoms with van der Waals surface area (Å²) in [4.78, 5) is 26.3. The van der Waals surface area contributed by atoms with Crippen molar-refractivity contribution in [3.8, 4) is 11.3 Å². The fourth-order valence-corrected chi connectivity index (χ4v) is 3.53. The van der Waals surface area contributed by atoms with Crippen LogP contribution in [0.2, 0.25) is 0 Å². The standard InChI is InChI=1S/C23H33N5O2/c1-15-10-16(2)12-18(11-15)19-13-20(27-22(24)26-19)25-14-17-6-8-28(9-7-17)30-21(29)23(3,4)5/h10-13,17H,6-9,14H2,1-5H3,(H3,24,25,26,27). The molecule has 0 spiro atoms. The van der Waals surface area contributed by atoms with Gasteiger partial charge >= 0.3 is 5.97 Å². The Bertz CT molecular complexity index is 879. The molecule has 2 aromatic rings. The summed E-state index contributed by atoms with van der Waals surface area (Å²) in [6.45, 7) is 12.0. The minimum Gasteiger partial charge on any atom is -0.370 e. The molecule has 0 saturated carbocycles. The number of hydroxylamine groups is 2. The maximum absolute atomic E-state index is 12.0. The average molecular weight is 412 g/mol. The molecule has 1 aromatic carbocycles. The zero-order valence-corrected chi connectivity index (χ0v) is 18.7. The molecule has 1 aliphatic rings. The van der Waals surface area contributed by atoms with Gasteiger partial charge in [0.2, 0.25) is 5.95 Å². The Balaban J connectivity index is 1.57. The molecular weight excluding hydrogens is 378 g/mol. The van der Waals surface area contributed by atoms with Gasteiger partial charge in [-0.3, -0.25) is 0 Å². The minimum atomic E-state index is -0.487. The van der Waals surface area contributed by atoms with E-state index in [0.29, 0.717) is 5.92 Å². The normalized spacial score (nSPS) is 15.8. The van der Waals surface area contributed by atoms with Gasteiger partial charge in [0.25, 0.3) is 0 Å². The van der Waals surface area contributed by atoms with Gasteiger partial charge in [0.05, 0.1) is 11.1 Å². The molecule has 0 bridgehead atoms. The second-order valence-electron chi connectivity index (χ2n) is 9.26. The number of nitrogen functional groups attached to an aromatic ring is 1. The van der Waals surface area contributed by atoms with Crippen LogP contribution < -0.4 is 11.1 Å². The number of hydrogen-bond acceptors (Lipinski definition) is 7. The van der Waals surface area contributed by atoms with Crippen molar-refractivity contribution < 1.29 is 9.63 Å². The Kier molecular flexibility index (Phi) is 6.61. The Morgan fingerprint density at radius 2 is 1.77 bits per heavy atom. The number of rotatable bonds is 5. The second kappa shape index (κ2) is 9.00. The van der Waals surface area contributed by atoms with E-state index in [2.05, 4.69) is 47.3 Å². The first-order valence-electron chi connectivity index (χ1n) is 10.5. The molecule has 0 atom stereocenters. The molecule has 0 radical (unpaired) electrons.